The maximum atomic E-state index is 13.1. The second-order valence-electron chi connectivity index (χ2n) is 16.1. The Kier molecular flexibility index (Phi) is 13.4. The second-order valence-corrected chi connectivity index (χ2v) is 16.1. The molecule has 0 unspecified atom stereocenters. The Bertz CT molecular complexity index is 2440. The van der Waals surface area contributed by atoms with Crippen LogP contribution in [0.3, 0.4) is 0 Å². The Balaban J connectivity index is 1.12. The second kappa shape index (κ2) is 19.7. The quantitative estimate of drug-likeness (QED) is 0.0465. The van der Waals surface area contributed by atoms with Gasteiger partial charge in [-0.05, 0) is 110 Å². The standard InChI is InChI=1S/C56H56O4/c1-3-5-7-12-24-44-46-26-14-18-30-50(46)54(51-31-19-15-27-47(44)51)38-58-42-34-40(37-60-56(57)41-22-10-9-11-23-41)35-43(36-42)59-39-55-52-32-20-16-28-48(52)45(25-13-8-6-4-2)49-29-17-21-33-53(49)55/h9-11,14-23,26-36H,3-8,12-13,24-25,37-39H2,1-2H3. The number of unbranched alkanes of at least 4 members (excludes halogenated alkanes) is 6. The zero-order valence-corrected chi connectivity index (χ0v) is 35.2. The molecule has 8 aromatic rings. The van der Waals surface area contributed by atoms with Gasteiger partial charge in [-0.1, -0.05) is 168 Å². The lowest BCUT2D eigenvalue weighted by Gasteiger charge is -2.19. The van der Waals surface area contributed by atoms with E-state index in [1.54, 1.807) is 12.1 Å². The van der Waals surface area contributed by atoms with Crippen molar-refractivity contribution >= 4 is 49.1 Å². The average molecular weight is 793 g/mol. The third-order valence-corrected chi connectivity index (χ3v) is 12.0. The third kappa shape index (κ3) is 9.19. The molecular weight excluding hydrogens is 737 g/mol. The lowest BCUT2D eigenvalue weighted by Crippen LogP contribution is -2.06. The van der Waals surface area contributed by atoms with Crippen molar-refractivity contribution in [2.75, 3.05) is 0 Å². The number of ether oxygens (including phenoxy) is 3. The number of benzene rings is 8. The first-order valence-electron chi connectivity index (χ1n) is 22.1. The normalized spacial score (nSPS) is 11.4. The van der Waals surface area contributed by atoms with Gasteiger partial charge in [-0.25, -0.2) is 4.79 Å². The highest BCUT2D eigenvalue weighted by molar-refractivity contribution is 6.07. The monoisotopic (exact) mass is 792 g/mol. The van der Waals surface area contributed by atoms with Gasteiger partial charge in [0.15, 0.2) is 0 Å². The molecule has 8 aromatic carbocycles. The number of rotatable bonds is 19. The fourth-order valence-electron chi connectivity index (χ4n) is 8.92. The van der Waals surface area contributed by atoms with Crippen molar-refractivity contribution in [3.05, 3.63) is 179 Å². The van der Waals surface area contributed by atoms with Crippen LogP contribution in [-0.2, 0) is 37.4 Å². The fraction of sp³-hybridized carbons (Fsp3) is 0.268. The van der Waals surface area contributed by atoms with E-state index in [1.807, 2.05) is 36.4 Å². The Morgan fingerprint density at radius 2 is 0.767 bits per heavy atom. The van der Waals surface area contributed by atoms with Crippen molar-refractivity contribution < 1.29 is 19.0 Å². The number of hydrogen-bond acceptors (Lipinski definition) is 4. The summed E-state index contributed by atoms with van der Waals surface area (Å²) in [6.45, 7) is 5.36. The number of hydrogen-bond donors (Lipinski definition) is 0. The van der Waals surface area contributed by atoms with Gasteiger partial charge in [0, 0.05) is 17.2 Å². The van der Waals surface area contributed by atoms with E-state index < -0.39 is 0 Å². The molecule has 0 aromatic heterocycles. The van der Waals surface area contributed by atoms with Crippen LogP contribution in [0.25, 0.3) is 43.1 Å². The maximum Gasteiger partial charge on any atom is 0.338 e. The van der Waals surface area contributed by atoms with Gasteiger partial charge >= 0.3 is 5.97 Å². The predicted octanol–water partition coefficient (Wildman–Crippen LogP) is 15.1. The van der Waals surface area contributed by atoms with E-state index in [0.717, 1.165) is 29.5 Å². The van der Waals surface area contributed by atoms with Crippen molar-refractivity contribution in [3.8, 4) is 11.5 Å². The van der Waals surface area contributed by atoms with Gasteiger partial charge in [0.25, 0.3) is 0 Å². The molecule has 0 aliphatic carbocycles. The van der Waals surface area contributed by atoms with Crippen LogP contribution in [0.15, 0.2) is 146 Å². The molecule has 0 spiro atoms. The van der Waals surface area contributed by atoms with Crippen molar-refractivity contribution in [3.63, 3.8) is 0 Å². The topological polar surface area (TPSA) is 44.8 Å². The molecule has 8 rings (SSSR count). The number of carbonyl (C=O) groups is 1. The average Bonchev–Trinajstić information content (AvgIpc) is 3.30. The van der Waals surface area contributed by atoms with E-state index in [4.69, 9.17) is 14.2 Å². The smallest absolute Gasteiger partial charge is 0.338 e. The van der Waals surface area contributed by atoms with Gasteiger partial charge < -0.3 is 14.2 Å². The SMILES string of the molecule is CCCCCCc1c2ccccc2c(COc2cc(COC(=O)c3ccccc3)cc(OCc3c4ccccc4c(CCCCCC)c4ccccc34)c2)c2ccccc12. The highest BCUT2D eigenvalue weighted by atomic mass is 16.5. The molecule has 0 saturated heterocycles. The lowest BCUT2D eigenvalue weighted by atomic mass is 9.89. The number of carbonyl (C=O) groups excluding carboxylic acids is 1. The van der Waals surface area contributed by atoms with E-state index in [2.05, 4.69) is 111 Å². The summed E-state index contributed by atoms with van der Waals surface area (Å²) in [5.74, 6) is 0.948. The van der Waals surface area contributed by atoms with Gasteiger partial charge in [-0.2, -0.15) is 0 Å². The van der Waals surface area contributed by atoms with Crippen LogP contribution in [0, 0.1) is 0 Å². The first kappa shape index (κ1) is 40.6. The van der Waals surface area contributed by atoms with Crippen LogP contribution >= 0.6 is 0 Å². The van der Waals surface area contributed by atoms with Gasteiger partial charge in [0.05, 0.1) is 5.56 Å². The Morgan fingerprint density at radius 3 is 1.15 bits per heavy atom. The molecule has 0 heterocycles. The number of esters is 1. The van der Waals surface area contributed by atoms with Crippen molar-refractivity contribution in [2.45, 2.75) is 97.9 Å². The number of aryl methyl sites for hydroxylation is 2. The Labute approximate surface area is 355 Å². The van der Waals surface area contributed by atoms with Crippen LogP contribution in [-0.4, -0.2) is 5.97 Å². The van der Waals surface area contributed by atoms with Crippen molar-refractivity contribution in [2.24, 2.45) is 0 Å². The summed E-state index contributed by atoms with van der Waals surface area (Å²) in [4.78, 5) is 13.1. The van der Waals surface area contributed by atoms with E-state index in [0.29, 0.717) is 30.3 Å². The van der Waals surface area contributed by atoms with E-state index in [-0.39, 0.29) is 12.6 Å². The lowest BCUT2D eigenvalue weighted by molar-refractivity contribution is 0.0472. The molecule has 0 fully saturated rings. The summed E-state index contributed by atoms with van der Waals surface area (Å²) >= 11 is 0. The molecule has 60 heavy (non-hydrogen) atoms. The van der Waals surface area contributed by atoms with E-state index in [1.165, 1.54) is 106 Å². The predicted molar refractivity (Wildman–Crippen MR) is 249 cm³/mol. The zero-order chi connectivity index (χ0) is 41.1. The Morgan fingerprint density at radius 1 is 0.400 bits per heavy atom. The third-order valence-electron chi connectivity index (χ3n) is 12.0. The van der Waals surface area contributed by atoms with Crippen LogP contribution in [0.1, 0.15) is 103 Å². The summed E-state index contributed by atoms with van der Waals surface area (Å²) in [6, 6.07) is 50.1. The molecule has 0 radical (unpaired) electrons. The van der Waals surface area contributed by atoms with E-state index >= 15 is 0 Å². The maximum absolute atomic E-state index is 13.1. The molecule has 4 nitrogen and oxygen atoms in total. The highest BCUT2D eigenvalue weighted by Gasteiger charge is 2.17. The minimum atomic E-state index is -0.371. The summed E-state index contributed by atoms with van der Waals surface area (Å²) in [7, 11) is 0. The molecule has 0 amide bonds. The Hall–Kier alpha value is -6.13. The molecule has 0 bridgehead atoms. The molecule has 0 N–H and O–H groups in total. The van der Waals surface area contributed by atoms with E-state index in [9.17, 15) is 4.79 Å². The van der Waals surface area contributed by atoms with Gasteiger partial charge in [-0.3, -0.25) is 0 Å². The molecule has 4 heteroatoms. The molecule has 0 aliphatic heterocycles. The van der Waals surface area contributed by atoms with Crippen LogP contribution in [0.2, 0.25) is 0 Å². The van der Waals surface area contributed by atoms with Crippen LogP contribution in [0.5, 0.6) is 11.5 Å². The minimum Gasteiger partial charge on any atom is -0.489 e. The minimum absolute atomic E-state index is 0.0818. The van der Waals surface area contributed by atoms with Crippen molar-refractivity contribution in [1.29, 1.82) is 0 Å². The molecule has 0 saturated carbocycles. The summed E-state index contributed by atoms with van der Waals surface area (Å²) in [5.41, 5.74) is 6.47. The zero-order valence-electron chi connectivity index (χ0n) is 35.2. The molecule has 304 valence electrons. The largest absolute Gasteiger partial charge is 0.489 e. The summed E-state index contributed by atoms with van der Waals surface area (Å²) in [6.07, 6.45) is 11.9. The molecule has 0 aliphatic rings. The van der Waals surface area contributed by atoms with Gasteiger partial charge in [0.2, 0.25) is 0 Å². The first-order chi connectivity index (χ1) is 29.6. The van der Waals surface area contributed by atoms with Crippen LogP contribution < -0.4 is 9.47 Å². The van der Waals surface area contributed by atoms with Crippen molar-refractivity contribution in [1.82, 2.24) is 0 Å². The van der Waals surface area contributed by atoms with Gasteiger partial charge in [-0.15, -0.1) is 0 Å². The number of fused-ring (bicyclic) bond motifs is 4. The van der Waals surface area contributed by atoms with Gasteiger partial charge in [0.1, 0.15) is 31.3 Å². The first-order valence-corrected chi connectivity index (χ1v) is 22.1. The fourth-order valence-corrected chi connectivity index (χ4v) is 8.92. The summed E-state index contributed by atoms with van der Waals surface area (Å²) < 4.78 is 19.4. The summed E-state index contributed by atoms with van der Waals surface area (Å²) in [5, 5.41) is 10.1. The highest BCUT2D eigenvalue weighted by Crippen LogP contribution is 2.37. The van der Waals surface area contributed by atoms with Crippen LogP contribution in [0.4, 0.5) is 0 Å². The molecule has 0 atom stereocenters. The molecular formula is C56H56O4.